The smallest absolute Gasteiger partial charge is 0.416 e. The van der Waals surface area contributed by atoms with Crippen LogP contribution in [-0.2, 0) is 6.18 Å². The van der Waals surface area contributed by atoms with Crippen LogP contribution >= 0.6 is 11.6 Å². The number of nitrogens with zero attached hydrogens (tertiary/aromatic N) is 2. The van der Waals surface area contributed by atoms with E-state index in [2.05, 4.69) is 20.9 Å². The van der Waals surface area contributed by atoms with Crippen molar-refractivity contribution in [3.63, 3.8) is 0 Å². The summed E-state index contributed by atoms with van der Waals surface area (Å²) in [7, 11) is 0. The lowest BCUT2D eigenvalue weighted by atomic mass is 10.1. The zero-order valence-electron chi connectivity index (χ0n) is 17.9. The lowest BCUT2D eigenvalue weighted by Gasteiger charge is -2.16. The van der Waals surface area contributed by atoms with Crippen molar-refractivity contribution >= 4 is 45.2 Å². The molecule has 1 aliphatic heterocycles. The van der Waals surface area contributed by atoms with E-state index in [0.717, 1.165) is 34.4 Å². The number of para-hydroxylation sites is 1. The molecule has 0 bridgehead atoms. The fourth-order valence-corrected chi connectivity index (χ4v) is 4.43. The molecule has 0 amide bonds. The normalized spacial score (nSPS) is 15.0. The van der Waals surface area contributed by atoms with E-state index < -0.39 is 18.0 Å². The van der Waals surface area contributed by atoms with Crippen molar-refractivity contribution in [3.8, 4) is 11.5 Å². The second-order valence-corrected chi connectivity index (χ2v) is 8.46. The molecule has 176 valence electrons. The third kappa shape index (κ3) is 3.93. The predicted molar refractivity (Wildman–Crippen MR) is 130 cm³/mol. The van der Waals surface area contributed by atoms with Crippen LogP contribution in [0.15, 0.2) is 79.1 Å². The van der Waals surface area contributed by atoms with E-state index in [1.165, 1.54) is 0 Å². The summed E-state index contributed by atoms with van der Waals surface area (Å²) in [5.41, 5.74) is 2.37. The van der Waals surface area contributed by atoms with Gasteiger partial charge in [-0.25, -0.2) is 4.98 Å². The Morgan fingerprint density at radius 2 is 1.83 bits per heavy atom. The largest absolute Gasteiger partial charge is 0.455 e. The fraction of sp³-hybridized carbons (Fsp3) is 0.0800. The van der Waals surface area contributed by atoms with Gasteiger partial charge in [0.15, 0.2) is 12.0 Å². The molecule has 3 aromatic carbocycles. The minimum atomic E-state index is -4.48. The molecule has 0 spiro atoms. The van der Waals surface area contributed by atoms with Gasteiger partial charge in [0.1, 0.15) is 11.4 Å². The highest BCUT2D eigenvalue weighted by atomic mass is 35.5. The minimum absolute atomic E-state index is 0.00235. The number of rotatable bonds is 4. The molecular formula is C25H17ClF3N5O. The number of anilines is 3. The number of nitrogens with one attached hydrogen (secondary N) is 3. The highest BCUT2D eigenvalue weighted by Gasteiger charge is 2.34. The van der Waals surface area contributed by atoms with E-state index >= 15 is 0 Å². The van der Waals surface area contributed by atoms with E-state index in [-0.39, 0.29) is 10.7 Å². The van der Waals surface area contributed by atoms with Crippen molar-refractivity contribution in [2.75, 3.05) is 16.0 Å². The third-order valence-electron chi connectivity index (χ3n) is 5.75. The van der Waals surface area contributed by atoms with E-state index in [1.807, 2.05) is 65.2 Å². The summed E-state index contributed by atoms with van der Waals surface area (Å²) in [5, 5.41) is 10.2. The van der Waals surface area contributed by atoms with Crippen LogP contribution in [0.2, 0.25) is 5.02 Å². The summed E-state index contributed by atoms with van der Waals surface area (Å²) in [6.45, 7) is 0. The Labute approximate surface area is 202 Å². The Morgan fingerprint density at radius 1 is 1.00 bits per heavy atom. The predicted octanol–water partition coefficient (Wildman–Crippen LogP) is 7.19. The summed E-state index contributed by atoms with van der Waals surface area (Å²) in [6, 6.07) is 19.0. The molecule has 1 unspecified atom stereocenters. The highest BCUT2D eigenvalue weighted by Crippen LogP contribution is 2.42. The number of benzene rings is 3. The SMILES string of the molecule is FC(F)(F)c1cc(Cl)c2c(c1)NC(Nc1ccc(Oc3cccc4ccc5nccn5c34)cc1)N2. The van der Waals surface area contributed by atoms with E-state index in [1.54, 1.807) is 6.20 Å². The van der Waals surface area contributed by atoms with Crippen LogP contribution in [0.3, 0.4) is 0 Å². The molecule has 2 aromatic heterocycles. The quantitative estimate of drug-likeness (QED) is 0.246. The van der Waals surface area contributed by atoms with Crippen molar-refractivity contribution in [1.29, 1.82) is 0 Å². The summed E-state index contributed by atoms with van der Waals surface area (Å²) < 4.78 is 47.4. The van der Waals surface area contributed by atoms with Crippen molar-refractivity contribution in [1.82, 2.24) is 9.38 Å². The summed E-state index contributed by atoms with van der Waals surface area (Å²) in [6.07, 6.45) is -1.38. The summed E-state index contributed by atoms with van der Waals surface area (Å²) >= 11 is 6.07. The topological polar surface area (TPSA) is 62.6 Å². The van der Waals surface area contributed by atoms with Crippen molar-refractivity contribution in [2.24, 2.45) is 0 Å². The molecule has 0 saturated heterocycles. The van der Waals surface area contributed by atoms with Crippen LogP contribution in [0.25, 0.3) is 16.6 Å². The van der Waals surface area contributed by atoms with E-state index in [9.17, 15) is 13.2 Å². The highest BCUT2D eigenvalue weighted by molar-refractivity contribution is 6.34. The lowest BCUT2D eigenvalue weighted by molar-refractivity contribution is -0.137. The van der Waals surface area contributed by atoms with E-state index in [4.69, 9.17) is 16.3 Å². The van der Waals surface area contributed by atoms with Gasteiger partial charge in [-0.1, -0.05) is 23.7 Å². The van der Waals surface area contributed by atoms with E-state index in [0.29, 0.717) is 17.2 Å². The number of aromatic nitrogens is 2. The van der Waals surface area contributed by atoms with Gasteiger partial charge in [0.25, 0.3) is 0 Å². The minimum Gasteiger partial charge on any atom is -0.455 e. The van der Waals surface area contributed by atoms with Crippen LogP contribution < -0.4 is 20.7 Å². The molecule has 5 aromatic rings. The number of alkyl halides is 3. The average molecular weight is 496 g/mol. The van der Waals surface area contributed by atoms with Crippen LogP contribution in [0.1, 0.15) is 5.56 Å². The molecule has 6 rings (SSSR count). The number of hydrogen-bond donors (Lipinski definition) is 3. The van der Waals surface area contributed by atoms with Gasteiger partial charge in [-0.05, 0) is 54.6 Å². The number of fused-ring (bicyclic) bond motifs is 4. The average Bonchev–Trinajstić information content (AvgIpc) is 3.47. The van der Waals surface area contributed by atoms with Crippen LogP contribution in [0.4, 0.5) is 30.2 Å². The van der Waals surface area contributed by atoms with Crippen LogP contribution in [0, 0.1) is 0 Å². The van der Waals surface area contributed by atoms with Gasteiger partial charge in [-0.2, -0.15) is 13.2 Å². The number of hydrogen-bond acceptors (Lipinski definition) is 5. The molecule has 0 aliphatic carbocycles. The van der Waals surface area contributed by atoms with Crippen LogP contribution in [-0.4, -0.2) is 15.7 Å². The molecule has 6 nitrogen and oxygen atoms in total. The van der Waals surface area contributed by atoms with Crippen molar-refractivity contribution < 1.29 is 17.9 Å². The molecular weight excluding hydrogens is 479 g/mol. The van der Waals surface area contributed by atoms with Gasteiger partial charge in [-0.3, -0.25) is 4.40 Å². The van der Waals surface area contributed by atoms with Gasteiger partial charge in [0, 0.05) is 23.5 Å². The van der Waals surface area contributed by atoms with Gasteiger partial charge in [0.2, 0.25) is 0 Å². The zero-order valence-corrected chi connectivity index (χ0v) is 18.7. The Kier molecular flexibility index (Phi) is 4.89. The summed E-state index contributed by atoms with van der Waals surface area (Å²) in [4.78, 5) is 4.34. The first-order valence-corrected chi connectivity index (χ1v) is 11.1. The lowest BCUT2D eigenvalue weighted by Crippen LogP contribution is -2.31. The Bertz CT molecular complexity index is 1570. The molecule has 0 saturated carbocycles. The second kappa shape index (κ2) is 7.99. The molecule has 35 heavy (non-hydrogen) atoms. The van der Waals surface area contributed by atoms with Gasteiger partial charge in [0.05, 0.1) is 27.5 Å². The van der Waals surface area contributed by atoms with Gasteiger partial charge < -0.3 is 20.7 Å². The second-order valence-electron chi connectivity index (χ2n) is 8.05. The number of imidazole rings is 1. The molecule has 3 heterocycles. The van der Waals surface area contributed by atoms with Crippen molar-refractivity contribution in [3.05, 3.63) is 89.7 Å². The molecule has 3 N–H and O–H groups in total. The molecule has 0 fully saturated rings. The van der Waals surface area contributed by atoms with Gasteiger partial charge >= 0.3 is 6.18 Å². The first-order chi connectivity index (χ1) is 16.8. The monoisotopic (exact) mass is 495 g/mol. The Morgan fingerprint density at radius 3 is 2.63 bits per heavy atom. The third-order valence-corrected chi connectivity index (χ3v) is 6.05. The molecule has 10 heteroatoms. The maximum Gasteiger partial charge on any atom is 0.416 e. The molecule has 1 atom stereocenters. The Hall–Kier alpha value is -4.11. The first kappa shape index (κ1) is 21.4. The number of halogens is 4. The van der Waals surface area contributed by atoms with Crippen LogP contribution in [0.5, 0.6) is 11.5 Å². The Balaban J connectivity index is 1.19. The first-order valence-electron chi connectivity index (χ1n) is 10.7. The number of ether oxygens (including phenoxy) is 1. The zero-order chi connectivity index (χ0) is 24.2. The van der Waals surface area contributed by atoms with Crippen molar-refractivity contribution in [2.45, 2.75) is 12.5 Å². The maximum absolute atomic E-state index is 13.1. The molecule has 0 radical (unpaired) electrons. The molecule has 1 aliphatic rings. The number of pyridine rings is 1. The summed E-state index contributed by atoms with van der Waals surface area (Å²) in [5.74, 6) is 1.32. The maximum atomic E-state index is 13.1. The fourth-order valence-electron chi connectivity index (χ4n) is 4.16. The standard InChI is InChI=1S/C25H17ClF3N5O/c26-18-12-15(25(27,28)29)13-19-22(18)33-24(32-19)31-16-5-7-17(8-6-16)35-20-3-1-2-14-4-9-21-30-10-11-34(21)23(14)20/h1-13,24,31-33H. The van der Waals surface area contributed by atoms with Gasteiger partial charge in [-0.15, -0.1) is 0 Å².